The second-order valence-electron chi connectivity index (χ2n) is 11.3. The summed E-state index contributed by atoms with van der Waals surface area (Å²) in [6, 6.07) is 0. The topological polar surface area (TPSA) is 89.9 Å². The van der Waals surface area contributed by atoms with Gasteiger partial charge in [0.1, 0.15) is 0 Å². The summed E-state index contributed by atoms with van der Waals surface area (Å²) < 4.78 is 0. The van der Waals surface area contributed by atoms with Crippen molar-refractivity contribution in [2.24, 2.45) is 5.73 Å². The fraction of sp³-hybridized carbons (Fsp3) is 0.923. The Bertz CT molecular complexity index is 590. The molecule has 0 aromatic rings. The van der Waals surface area contributed by atoms with E-state index in [0.29, 0.717) is 5.54 Å². The Kier molecular flexibility index (Phi) is 10.8. The van der Waals surface area contributed by atoms with Gasteiger partial charge >= 0.3 is 0 Å². The summed E-state index contributed by atoms with van der Waals surface area (Å²) in [5, 5.41) is 14.9. The molecule has 0 atom stereocenters. The first kappa shape index (κ1) is 27.5. The van der Waals surface area contributed by atoms with Crippen LogP contribution in [0.4, 0.5) is 0 Å². The van der Waals surface area contributed by atoms with E-state index in [0.717, 1.165) is 39.3 Å². The summed E-state index contributed by atoms with van der Waals surface area (Å²) in [4.78, 5) is 11.8. The number of nitrogens with two attached hydrogens (primary N) is 1. The van der Waals surface area contributed by atoms with Crippen molar-refractivity contribution in [3.05, 3.63) is 0 Å². The number of nitrogens with zero attached hydrogens (tertiary/aromatic N) is 5. The van der Waals surface area contributed by atoms with Crippen LogP contribution in [-0.2, 0) is 0 Å². The molecule has 0 unspecified atom stereocenters. The fourth-order valence-corrected chi connectivity index (χ4v) is 6.67. The van der Waals surface area contributed by atoms with Gasteiger partial charge in [0.2, 0.25) is 0 Å². The molecular formula is C26H52N8. The summed E-state index contributed by atoms with van der Waals surface area (Å²) in [5.41, 5.74) is 6.60. The lowest BCUT2D eigenvalue weighted by atomic mass is 9.79. The summed E-state index contributed by atoms with van der Waals surface area (Å²) in [6.45, 7) is 11.0. The van der Waals surface area contributed by atoms with E-state index in [1.165, 1.54) is 103 Å². The third-order valence-corrected chi connectivity index (χ3v) is 9.11. The van der Waals surface area contributed by atoms with Crippen molar-refractivity contribution >= 4 is 12.7 Å². The van der Waals surface area contributed by atoms with Gasteiger partial charge in [-0.25, -0.2) is 0 Å². The highest BCUT2D eigenvalue weighted by atomic mass is 15.3. The normalized spacial score (nSPS) is 26.8. The van der Waals surface area contributed by atoms with Crippen LogP contribution in [0.15, 0.2) is 0 Å². The Morgan fingerprint density at radius 3 is 1.41 bits per heavy atom. The Morgan fingerprint density at radius 2 is 1.03 bits per heavy atom. The summed E-state index contributed by atoms with van der Waals surface area (Å²) in [6.07, 6.45) is 15.8. The zero-order valence-corrected chi connectivity index (χ0v) is 22.1. The molecule has 4 fully saturated rings. The zero-order chi connectivity index (χ0) is 24.4. The maximum absolute atomic E-state index is 7.43. The van der Waals surface area contributed by atoms with Gasteiger partial charge in [0, 0.05) is 76.5 Å². The summed E-state index contributed by atoms with van der Waals surface area (Å²) >= 11 is 0. The molecule has 2 heterocycles. The number of rotatable bonds is 7. The van der Waals surface area contributed by atoms with Crippen LogP contribution in [0, 0.1) is 10.8 Å². The van der Waals surface area contributed by atoms with Crippen molar-refractivity contribution in [2.45, 2.75) is 75.3 Å². The molecule has 2 aliphatic carbocycles. The Hall–Kier alpha value is -1.06. The second kappa shape index (κ2) is 13.3. The van der Waals surface area contributed by atoms with Crippen LogP contribution >= 0.6 is 0 Å². The molecule has 2 saturated heterocycles. The number of hydrogen-bond acceptors (Lipinski definition) is 7. The Morgan fingerprint density at radius 1 is 0.647 bits per heavy atom. The zero-order valence-electron chi connectivity index (χ0n) is 22.1. The van der Waals surface area contributed by atoms with Gasteiger partial charge in [0.15, 0.2) is 0 Å². The molecule has 8 nitrogen and oxygen atoms in total. The average molecular weight is 477 g/mol. The van der Waals surface area contributed by atoms with E-state index < -0.39 is 0 Å². The standard InChI is InChI=1S/C14H27N5.C12H25N3/c1-17-7-9-19(10-8-17)14(5-3-2-4-6-14)11-18(12-15)13-16;1-14-7-9-15(10-8-14)12(11-13)5-3-2-4-6-12/h12-13,15-16H,2-11H2,1H3;2-11,13H2,1H3. The molecule has 0 bridgehead atoms. The Labute approximate surface area is 208 Å². The molecule has 4 N–H and O–H groups in total. The first-order valence-electron chi connectivity index (χ1n) is 13.8. The van der Waals surface area contributed by atoms with Gasteiger partial charge in [-0.15, -0.1) is 0 Å². The molecule has 2 saturated carbocycles. The first-order valence-corrected chi connectivity index (χ1v) is 13.8. The van der Waals surface area contributed by atoms with Crippen LogP contribution < -0.4 is 5.73 Å². The number of hydrogen-bond donors (Lipinski definition) is 3. The number of nitrogens with one attached hydrogen (secondary N) is 2. The molecule has 2 aliphatic heterocycles. The highest BCUT2D eigenvalue weighted by Gasteiger charge is 2.40. The maximum atomic E-state index is 7.43. The lowest BCUT2D eigenvalue weighted by Gasteiger charge is -2.50. The van der Waals surface area contributed by atoms with Crippen LogP contribution in [-0.4, -0.2) is 128 Å². The van der Waals surface area contributed by atoms with Crippen LogP contribution in [0.25, 0.3) is 0 Å². The van der Waals surface area contributed by atoms with Crippen LogP contribution in [0.3, 0.4) is 0 Å². The minimum absolute atomic E-state index is 0.189. The van der Waals surface area contributed by atoms with E-state index in [4.69, 9.17) is 16.6 Å². The van der Waals surface area contributed by atoms with Crippen LogP contribution in [0.2, 0.25) is 0 Å². The molecule has 0 aromatic carbocycles. The monoisotopic (exact) mass is 476 g/mol. The van der Waals surface area contributed by atoms with E-state index in [1.54, 1.807) is 4.90 Å². The quantitative estimate of drug-likeness (QED) is 0.386. The van der Waals surface area contributed by atoms with Gasteiger partial charge in [-0.3, -0.25) is 20.6 Å². The molecule has 0 radical (unpaired) electrons. The third kappa shape index (κ3) is 7.00. The Balaban J connectivity index is 0.000000196. The third-order valence-electron chi connectivity index (χ3n) is 9.11. The molecule has 4 aliphatic rings. The van der Waals surface area contributed by atoms with Crippen molar-refractivity contribution in [3.63, 3.8) is 0 Å². The maximum Gasteiger partial charge on any atom is 0.0869 e. The molecule has 0 amide bonds. The minimum atomic E-state index is 0.189. The molecule has 8 heteroatoms. The minimum Gasteiger partial charge on any atom is -0.329 e. The van der Waals surface area contributed by atoms with Crippen molar-refractivity contribution in [1.29, 1.82) is 10.8 Å². The largest absolute Gasteiger partial charge is 0.329 e. The predicted octanol–water partition coefficient (Wildman–Crippen LogP) is 2.35. The number of piperazine rings is 2. The smallest absolute Gasteiger partial charge is 0.0869 e. The van der Waals surface area contributed by atoms with E-state index in [9.17, 15) is 0 Å². The summed E-state index contributed by atoms with van der Waals surface area (Å²) in [5.74, 6) is 0. The fourth-order valence-electron chi connectivity index (χ4n) is 6.67. The molecule has 34 heavy (non-hydrogen) atoms. The van der Waals surface area contributed by atoms with Crippen molar-refractivity contribution in [1.82, 2.24) is 24.5 Å². The predicted molar refractivity (Wildman–Crippen MR) is 143 cm³/mol. The van der Waals surface area contributed by atoms with E-state index >= 15 is 0 Å². The lowest BCUT2D eigenvalue weighted by Crippen LogP contribution is -2.61. The van der Waals surface area contributed by atoms with Crippen molar-refractivity contribution in [2.75, 3.05) is 79.5 Å². The van der Waals surface area contributed by atoms with Crippen molar-refractivity contribution in [3.8, 4) is 0 Å². The van der Waals surface area contributed by atoms with Gasteiger partial charge in [-0.1, -0.05) is 38.5 Å². The van der Waals surface area contributed by atoms with Crippen LogP contribution in [0.1, 0.15) is 64.2 Å². The molecular weight excluding hydrogens is 424 g/mol. The average Bonchev–Trinajstić information content (AvgIpc) is 2.89. The molecule has 4 rings (SSSR count). The SMILES string of the molecule is CN1CCN(C2(CN(C=N)C=N)CCCCC2)CC1.CN1CCN(C2(CN)CCCCC2)CC1. The van der Waals surface area contributed by atoms with Gasteiger partial charge < -0.3 is 20.4 Å². The summed E-state index contributed by atoms with van der Waals surface area (Å²) in [7, 11) is 4.40. The molecule has 196 valence electrons. The highest BCUT2D eigenvalue weighted by Crippen LogP contribution is 2.35. The molecule has 0 spiro atoms. The first-order chi connectivity index (χ1) is 16.5. The van der Waals surface area contributed by atoms with E-state index in [1.807, 2.05) is 0 Å². The van der Waals surface area contributed by atoms with Gasteiger partial charge in [-0.2, -0.15) is 0 Å². The van der Waals surface area contributed by atoms with Gasteiger partial charge in [0.05, 0.1) is 12.7 Å². The van der Waals surface area contributed by atoms with E-state index in [2.05, 4.69) is 33.7 Å². The molecule has 0 aromatic heterocycles. The second-order valence-corrected chi connectivity index (χ2v) is 11.3. The lowest BCUT2D eigenvalue weighted by molar-refractivity contribution is 0.00796. The highest BCUT2D eigenvalue weighted by molar-refractivity contribution is 5.71. The van der Waals surface area contributed by atoms with Gasteiger partial charge in [-0.05, 0) is 39.8 Å². The van der Waals surface area contributed by atoms with Crippen molar-refractivity contribution < 1.29 is 0 Å². The van der Waals surface area contributed by atoms with E-state index in [-0.39, 0.29) is 5.54 Å². The number of likely N-dealkylation sites (N-methyl/N-ethyl adjacent to an activating group) is 2. The van der Waals surface area contributed by atoms with Gasteiger partial charge in [0.25, 0.3) is 0 Å². The van der Waals surface area contributed by atoms with Crippen LogP contribution in [0.5, 0.6) is 0 Å².